The van der Waals surface area contributed by atoms with Gasteiger partial charge in [0.25, 0.3) is 0 Å². The molecule has 0 fully saturated rings. The fourth-order valence-electron chi connectivity index (χ4n) is 1.35. The normalized spacial score (nSPS) is 13.2. The third kappa shape index (κ3) is 4.31. The Hall–Kier alpha value is -1.76. The summed E-state index contributed by atoms with van der Waals surface area (Å²) < 4.78 is 40.0. The number of hydrogen-bond donors (Lipinski definition) is 1. The maximum atomic E-state index is 12.1. The van der Waals surface area contributed by atoms with Crippen LogP contribution in [-0.2, 0) is 4.79 Å². The molecule has 0 radical (unpaired) electrons. The molecule has 0 aromatic heterocycles. The van der Waals surface area contributed by atoms with Crippen molar-refractivity contribution in [3.05, 3.63) is 29.8 Å². The van der Waals surface area contributed by atoms with Gasteiger partial charge in [0.05, 0.1) is 5.56 Å². The summed E-state index contributed by atoms with van der Waals surface area (Å²) in [6.45, 7) is 0. The number of ether oxygens (including phenoxy) is 1. The third-order valence-electron chi connectivity index (χ3n) is 2.00. The highest BCUT2D eigenvalue weighted by Crippen LogP contribution is 2.29. The van der Waals surface area contributed by atoms with Crippen molar-refractivity contribution in [1.29, 1.82) is 0 Å². The third-order valence-corrected chi connectivity index (χ3v) is 2.00. The van der Waals surface area contributed by atoms with Crippen LogP contribution < -0.4 is 15.6 Å². The van der Waals surface area contributed by atoms with Crippen LogP contribution in [-0.4, -0.2) is 12.3 Å². The Bertz CT molecular complexity index is 406. The summed E-state index contributed by atoms with van der Waals surface area (Å²) in [6, 6.07) is 4.42. The van der Waals surface area contributed by atoms with E-state index >= 15 is 0 Å². The van der Waals surface area contributed by atoms with Crippen molar-refractivity contribution < 1.29 is 33.5 Å². The van der Waals surface area contributed by atoms with Crippen LogP contribution in [0.5, 0.6) is 5.75 Å². The number of halogens is 3. The summed E-state index contributed by atoms with van der Waals surface area (Å²) in [5.74, 6) is -1.83. The molecule has 0 aliphatic rings. The Kier molecular flexibility index (Phi) is 3.95. The average Bonchev–Trinajstić information content (AvgIpc) is 2.14. The maximum Gasteiger partial charge on any atom is 0.573 e. The van der Waals surface area contributed by atoms with Crippen molar-refractivity contribution in [3.8, 4) is 5.75 Å². The van der Waals surface area contributed by atoms with Gasteiger partial charge in [0.1, 0.15) is 11.8 Å². The fourth-order valence-corrected chi connectivity index (χ4v) is 1.35. The number of carbonyl (C=O) groups excluding carboxylic acids is 1. The molecule has 0 unspecified atom stereocenters. The molecule has 0 saturated heterocycles. The first-order valence-corrected chi connectivity index (χ1v) is 4.67. The average molecular weight is 249 g/mol. The lowest BCUT2D eigenvalue weighted by atomic mass is 10.0. The minimum absolute atomic E-state index is 0.0778. The highest BCUT2D eigenvalue weighted by Gasteiger charge is 2.33. The molecule has 0 saturated carbocycles. The summed E-state index contributed by atoms with van der Waals surface area (Å²) in [4.78, 5) is 10.4. The van der Waals surface area contributed by atoms with E-state index in [9.17, 15) is 23.1 Å². The number of carboxylic acid groups (broad SMARTS) is 1. The second-order valence-electron chi connectivity index (χ2n) is 3.36. The lowest BCUT2D eigenvalue weighted by Crippen LogP contribution is -2.55. The number of aliphatic carboxylic acids is 1. The number of carbonyl (C=O) groups is 1. The number of rotatable bonds is 4. The van der Waals surface area contributed by atoms with Crippen LogP contribution in [0.1, 0.15) is 18.0 Å². The van der Waals surface area contributed by atoms with E-state index in [0.717, 1.165) is 6.07 Å². The molecule has 1 rings (SSSR count). The molecule has 0 amide bonds. The molecule has 17 heavy (non-hydrogen) atoms. The second kappa shape index (κ2) is 5.05. The Balaban J connectivity index is 2.95. The zero-order chi connectivity index (χ0) is 13.1. The number of benzene rings is 1. The Morgan fingerprint density at radius 1 is 1.41 bits per heavy atom. The minimum Gasteiger partial charge on any atom is -0.550 e. The number of quaternary nitrogens is 1. The smallest absolute Gasteiger partial charge is 0.550 e. The molecule has 1 atom stereocenters. The van der Waals surface area contributed by atoms with Gasteiger partial charge in [-0.1, -0.05) is 12.1 Å². The second-order valence-corrected chi connectivity index (χ2v) is 3.36. The van der Waals surface area contributed by atoms with Crippen molar-refractivity contribution in [2.45, 2.75) is 18.8 Å². The van der Waals surface area contributed by atoms with Crippen molar-refractivity contribution in [2.75, 3.05) is 0 Å². The van der Waals surface area contributed by atoms with Gasteiger partial charge in [-0.25, -0.2) is 0 Å². The van der Waals surface area contributed by atoms with E-state index in [4.69, 9.17) is 0 Å². The van der Waals surface area contributed by atoms with Crippen LogP contribution in [0, 0.1) is 0 Å². The van der Waals surface area contributed by atoms with E-state index in [0.29, 0.717) is 0 Å². The molecule has 7 heteroatoms. The van der Waals surface area contributed by atoms with Gasteiger partial charge in [0.2, 0.25) is 0 Å². The van der Waals surface area contributed by atoms with Crippen LogP contribution in [0.2, 0.25) is 0 Å². The zero-order valence-electron chi connectivity index (χ0n) is 8.66. The molecule has 0 aliphatic heterocycles. The lowest BCUT2D eigenvalue weighted by molar-refractivity contribution is -0.431. The molecule has 0 spiro atoms. The molecule has 94 valence electrons. The van der Waals surface area contributed by atoms with E-state index < -0.39 is 30.5 Å². The summed E-state index contributed by atoms with van der Waals surface area (Å²) in [5.41, 5.74) is 3.55. The maximum absolute atomic E-state index is 12.1. The van der Waals surface area contributed by atoms with Crippen molar-refractivity contribution in [1.82, 2.24) is 0 Å². The Labute approximate surface area is 94.8 Å². The quantitative estimate of drug-likeness (QED) is 0.816. The predicted octanol–water partition coefficient (Wildman–Crippen LogP) is 0.00820. The van der Waals surface area contributed by atoms with Gasteiger partial charge in [-0.2, -0.15) is 0 Å². The Morgan fingerprint density at radius 3 is 2.53 bits per heavy atom. The predicted molar refractivity (Wildman–Crippen MR) is 48.4 cm³/mol. The zero-order valence-corrected chi connectivity index (χ0v) is 8.66. The number of alkyl halides is 3. The van der Waals surface area contributed by atoms with Crippen molar-refractivity contribution in [2.24, 2.45) is 0 Å². The van der Waals surface area contributed by atoms with Gasteiger partial charge < -0.3 is 20.4 Å². The summed E-state index contributed by atoms with van der Waals surface area (Å²) in [5, 5.41) is 10.4. The van der Waals surface area contributed by atoms with E-state index in [1.54, 1.807) is 0 Å². The van der Waals surface area contributed by atoms with Gasteiger partial charge in [-0.3, -0.25) is 0 Å². The minimum atomic E-state index is -4.82. The van der Waals surface area contributed by atoms with Crippen molar-refractivity contribution in [3.63, 3.8) is 0 Å². The first-order chi connectivity index (χ1) is 7.79. The molecule has 0 bridgehead atoms. The Morgan fingerprint density at radius 2 is 2.00 bits per heavy atom. The highest BCUT2D eigenvalue weighted by molar-refractivity contribution is 5.65. The van der Waals surface area contributed by atoms with Crippen LogP contribution in [0.15, 0.2) is 24.3 Å². The first kappa shape index (κ1) is 13.3. The van der Waals surface area contributed by atoms with E-state index in [-0.39, 0.29) is 5.56 Å². The van der Waals surface area contributed by atoms with Gasteiger partial charge in [0.15, 0.2) is 0 Å². The molecule has 0 aliphatic carbocycles. The number of carboxylic acids is 1. The molecule has 0 heterocycles. The molecular weight excluding hydrogens is 239 g/mol. The van der Waals surface area contributed by atoms with E-state index in [1.165, 1.54) is 18.2 Å². The topological polar surface area (TPSA) is 77.0 Å². The van der Waals surface area contributed by atoms with Crippen LogP contribution in [0.3, 0.4) is 0 Å². The van der Waals surface area contributed by atoms with Crippen LogP contribution in [0.25, 0.3) is 0 Å². The van der Waals surface area contributed by atoms with Gasteiger partial charge in [-0.05, 0) is 12.1 Å². The van der Waals surface area contributed by atoms with Gasteiger partial charge in [-0.15, -0.1) is 13.2 Å². The summed E-state index contributed by atoms with van der Waals surface area (Å²) in [7, 11) is 0. The van der Waals surface area contributed by atoms with Gasteiger partial charge >= 0.3 is 6.36 Å². The first-order valence-electron chi connectivity index (χ1n) is 4.67. The lowest BCUT2D eigenvalue weighted by Gasteiger charge is -2.16. The van der Waals surface area contributed by atoms with Crippen LogP contribution >= 0.6 is 0 Å². The highest BCUT2D eigenvalue weighted by atomic mass is 19.4. The number of para-hydroxylation sites is 1. The molecule has 4 nitrogen and oxygen atoms in total. The standard InChI is InChI=1S/C10H10F3NO3/c11-10(12,13)17-8-4-2-1-3-6(8)7(14)5-9(15)16/h1-4,7H,5,14H2,(H,15,16)/t7-/m1/s1. The van der Waals surface area contributed by atoms with E-state index in [2.05, 4.69) is 10.5 Å². The molecular formula is C10H10F3NO3. The largest absolute Gasteiger partial charge is 0.573 e. The van der Waals surface area contributed by atoms with Gasteiger partial charge in [0, 0.05) is 12.4 Å². The summed E-state index contributed by atoms with van der Waals surface area (Å²) in [6.07, 6.45) is -5.30. The van der Waals surface area contributed by atoms with Crippen molar-refractivity contribution >= 4 is 5.97 Å². The molecule has 1 aromatic carbocycles. The van der Waals surface area contributed by atoms with Crippen LogP contribution in [0.4, 0.5) is 13.2 Å². The SMILES string of the molecule is [NH3+][C@H](CC(=O)[O-])c1ccccc1OC(F)(F)F. The summed E-state index contributed by atoms with van der Waals surface area (Å²) >= 11 is 0. The van der Waals surface area contributed by atoms with E-state index in [1.807, 2.05) is 0 Å². The monoisotopic (exact) mass is 249 g/mol. The molecule has 3 N–H and O–H groups in total. The number of hydrogen-bond acceptors (Lipinski definition) is 3. The molecule has 1 aromatic rings. The fraction of sp³-hybridized carbons (Fsp3) is 0.300.